The van der Waals surface area contributed by atoms with Crippen LogP contribution in [0.3, 0.4) is 0 Å². The summed E-state index contributed by atoms with van der Waals surface area (Å²) in [5.41, 5.74) is 2.99. The minimum atomic E-state index is -0.201. The van der Waals surface area contributed by atoms with Crippen LogP contribution >= 0.6 is 20.7 Å². The molecule has 1 aromatic carbocycles. The molecule has 1 aromatic heterocycles. The van der Waals surface area contributed by atoms with Gasteiger partial charge in [-0.1, -0.05) is 16.6 Å². The highest BCUT2D eigenvalue weighted by Gasteiger charge is 2.06. The number of rotatable bonds is 5. The van der Waals surface area contributed by atoms with Gasteiger partial charge < -0.3 is 0 Å². The average Bonchev–Trinajstić information content (AvgIpc) is 2.43. The van der Waals surface area contributed by atoms with Gasteiger partial charge in [-0.05, 0) is 35.2 Å². The maximum atomic E-state index is 13.8. The maximum absolute atomic E-state index is 13.8. The number of halogens is 2. The molecule has 19 heavy (non-hydrogen) atoms. The molecule has 98 valence electrons. The first-order valence-corrected chi connectivity index (χ1v) is 8.77. The number of carbonyl (C=O) groups is 1. The van der Waals surface area contributed by atoms with Gasteiger partial charge in [-0.25, -0.2) is 4.39 Å². The standard InChI is InChI=1S/C15H13FINO/c1-17-8-12-3-2-11(7-15(12)16)6-14-9-18-5-4-13(14)10-19/h2-5,7,9-10H,1,6,8H2. The molecule has 0 saturated heterocycles. The van der Waals surface area contributed by atoms with E-state index in [9.17, 15) is 9.18 Å². The lowest BCUT2D eigenvalue weighted by Crippen LogP contribution is -1.97. The first kappa shape index (κ1) is 14.0. The molecular formula is C15H13FINO. The van der Waals surface area contributed by atoms with Gasteiger partial charge in [0.15, 0.2) is 0 Å². The van der Waals surface area contributed by atoms with Crippen LogP contribution in [-0.4, -0.2) is 15.8 Å². The van der Waals surface area contributed by atoms with E-state index in [2.05, 4.69) is 9.50 Å². The van der Waals surface area contributed by atoms with Crippen molar-refractivity contribution in [1.82, 2.24) is 4.98 Å². The number of benzene rings is 1. The zero-order valence-electron chi connectivity index (χ0n) is 10.3. The number of aldehydes is 1. The minimum Gasteiger partial charge on any atom is -0.298 e. The summed E-state index contributed by atoms with van der Waals surface area (Å²) in [6.45, 7) is 0. The van der Waals surface area contributed by atoms with Crippen molar-refractivity contribution in [3.63, 3.8) is 0 Å². The Bertz CT molecular complexity index is 613. The summed E-state index contributed by atoms with van der Waals surface area (Å²) in [6.07, 6.45) is 4.54. The molecule has 4 heteroatoms. The number of alkyl halides is 1. The zero-order valence-corrected chi connectivity index (χ0v) is 12.4. The molecule has 0 N–H and O–H groups in total. The van der Waals surface area contributed by atoms with Gasteiger partial charge in [-0.3, -0.25) is 9.78 Å². The Morgan fingerprint density at radius 1 is 1.32 bits per heavy atom. The third kappa shape index (κ3) is 3.53. The lowest BCUT2D eigenvalue weighted by molar-refractivity contribution is 0.112. The van der Waals surface area contributed by atoms with Crippen molar-refractivity contribution in [3.05, 3.63) is 64.7 Å². The van der Waals surface area contributed by atoms with Crippen molar-refractivity contribution >= 4 is 31.5 Å². The van der Waals surface area contributed by atoms with Gasteiger partial charge in [-0.2, -0.15) is 0 Å². The van der Waals surface area contributed by atoms with Crippen molar-refractivity contribution in [2.45, 2.75) is 10.8 Å². The van der Waals surface area contributed by atoms with Gasteiger partial charge in [-0.15, -0.1) is 20.7 Å². The summed E-state index contributed by atoms with van der Waals surface area (Å²) in [7, 11) is 0. The number of carbonyl (C=O) groups excluding carboxylic acids is 1. The fourth-order valence-corrected chi connectivity index (χ4v) is 3.03. The molecular weight excluding hydrogens is 356 g/mol. The number of pyridine rings is 1. The van der Waals surface area contributed by atoms with Crippen molar-refractivity contribution in [3.8, 4) is 0 Å². The fourth-order valence-electron chi connectivity index (χ4n) is 1.83. The van der Waals surface area contributed by atoms with E-state index in [4.69, 9.17) is 0 Å². The predicted molar refractivity (Wildman–Crippen MR) is 83.7 cm³/mol. The summed E-state index contributed by atoms with van der Waals surface area (Å²) in [4.78, 5) is 14.9. The summed E-state index contributed by atoms with van der Waals surface area (Å²) >= 11 is -0.201. The van der Waals surface area contributed by atoms with Gasteiger partial charge in [0.25, 0.3) is 0 Å². The Kier molecular flexibility index (Phi) is 4.90. The van der Waals surface area contributed by atoms with Crippen LogP contribution in [0.1, 0.15) is 27.0 Å². The van der Waals surface area contributed by atoms with Crippen LogP contribution in [0.2, 0.25) is 0 Å². The smallest absolute Gasteiger partial charge is 0.150 e. The largest absolute Gasteiger partial charge is 0.298 e. The zero-order chi connectivity index (χ0) is 13.7. The summed E-state index contributed by atoms with van der Waals surface area (Å²) < 4.78 is 18.4. The van der Waals surface area contributed by atoms with E-state index in [1.165, 1.54) is 6.07 Å². The Labute approximate surface area is 121 Å². The second kappa shape index (κ2) is 6.65. The lowest BCUT2D eigenvalue weighted by atomic mass is 10.0. The number of aromatic nitrogens is 1. The third-order valence-corrected chi connectivity index (χ3v) is 4.18. The molecule has 2 nitrogen and oxygen atoms in total. The van der Waals surface area contributed by atoms with Crippen LogP contribution in [0.4, 0.5) is 4.39 Å². The van der Waals surface area contributed by atoms with Crippen LogP contribution < -0.4 is 0 Å². The molecule has 0 radical (unpaired) electrons. The molecule has 0 atom stereocenters. The van der Waals surface area contributed by atoms with E-state index in [-0.39, 0.29) is 26.5 Å². The third-order valence-electron chi connectivity index (χ3n) is 2.82. The van der Waals surface area contributed by atoms with Crippen LogP contribution in [-0.2, 0) is 10.8 Å². The van der Waals surface area contributed by atoms with Crippen LogP contribution in [0.5, 0.6) is 0 Å². The second-order valence-electron chi connectivity index (χ2n) is 4.12. The Morgan fingerprint density at radius 3 is 2.84 bits per heavy atom. The van der Waals surface area contributed by atoms with Crippen molar-refractivity contribution in [2.24, 2.45) is 0 Å². The molecule has 0 unspecified atom stereocenters. The van der Waals surface area contributed by atoms with Crippen molar-refractivity contribution in [1.29, 1.82) is 0 Å². The monoisotopic (exact) mass is 369 g/mol. The topological polar surface area (TPSA) is 30.0 Å². The van der Waals surface area contributed by atoms with E-state index in [1.54, 1.807) is 18.5 Å². The summed E-state index contributed by atoms with van der Waals surface area (Å²) in [5, 5.41) is 0. The highest BCUT2D eigenvalue weighted by molar-refractivity contribution is 14.2. The van der Waals surface area contributed by atoms with Crippen molar-refractivity contribution in [2.75, 3.05) is 0 Å². The van der Waals surface area contributed by atoms with Gasteiger partial charge >= 0.3 is 0 Å². The Hall–Kier alpha value is -1.43. The molecule has 0 spiro atoms. The minimum absolute atomic E-state index is 0.183. The van der Waals surface area contributed by atoms with Gasteiger partial charge in [0.1, 0.15) is 12.1 Å². The SMILES string of the molecule is C=ICc1ccc(Cc2cnccc2C=O)cc1F. The molecule has 0 aliphatic rings. The van der Waals surface area contributed by atoms with Gasteiger partial charge in [0.05, 0.1) is 0 Å². The molecule has 2 aromatic rings. The fraction of sp³-hybridized carbons (Fsp3) is 0.133. The molecule has 0 bridgehead atoms. The lowest BCUT2D eigenvalue weighted by Gasteiger charge is -2.06. The molecule has 0 fully saturated rings. The van der Waals surface area contributed by atoms with E-state index >= 15 is 0 Å². The quantitative estimate of drug-likeness (QED) is 0.459. The Morgan fingerprint density at radius 2 is 2.16 bits per heavy atom. The molecule has 0 aliphatic heterocycles. The molecule has 1 heterocycles. The molecule has 2 rings (SSSR count). The maximum Gasteiger partial charge on any atom is 0.150 e. The van der Waals surface area contributed by atoms with Crippen LogP contribution in [0, 0.1) is 5.82 Å². The first-order chi connectivity index (χ1) is 9.24. The van der Waals surface area contributed by atoms with Crippen molar-refractivity contribution < 1.29 is 9.18 Å². The highest BCUT2D eigenvalue weighted by atomic mass is 127. The van der Waals surface area contributed by atoms with E-state index in [1.807, 2.05) is 12.1 Å². The van der Waals surface area contributed by atoms with E-state index in [0.717, 1.165) is 27.4 Å². The second-order valence-corrected chi connectivity index (χ2v) is 5.96. The highest BCUT2D eigenvalue weighted by Crippen LogP contribution is 2.18. The summed E-state index contributed by atoms with van der Waals surface area (Å²) in [6, 6.07) is 6.92. The molecule has 0 saturated carbocycles. The van der Waals surface area contributed by atoms with Gasteiger partial charge in [0.2, 0.25) is 0 Å². The number of nitrogens with zero attached hydrogens (tertiary/aromatic N) is 1. The average molecular weight is 369 g/mol. The predicted octanol–water partition coefficient (Wildman–Crippen LogP) is 3.53. The molecule has 0 aliphatic carbocycles. The molecule has 0 amide bonds. The van der Waals surface area contributed by atoms with E-state index < -0.39 is 0 Å². The van der Waals surface area contributed by atoms with Crippen LogP contribution in [0.25, 0.3) is 0 Å². The first-order valence-electron chi connectivity index (χ1n) is 5.72. The summed E-state index contributed by atoms with van der Waals surface area (Å²) in [5.74, 6) is -0.183. The van der Waals surface area contributed by atoms with Gasteiger partial charge in [0, 0.05) is 22.4 Å². The number of hydrogen-bond acceptors (Lipinski definition) is 2. The van der Waals surface area contributed by atoms with E-state index in [0.29, 0.717) is 12.0 Å². The Balaban J connectivity index is 2.26. The van der Waals surface area contributed by atoms with Crippen LogP contribution in [0.15, 0.2) is 36.7 Å². The normalized spacial score (nSPS) is 10.4. The number of hydrogen-bond donors (Lipinski definition) is 0.